The van der Waals surface area contributed by atoms with Crippen LogP contribution in [0.1, 0.15) is 23.4 Å². The molecule has 2 rings (SSSR count). The van der Waals surface area contributed by atoms with E-state index in [-0.39, 0.29) is 11.9 Å². The number of hydrogen-bond acceptors (Lipinski definition) is 2. The highest BCUT2D eigenvalue weighted by atomic mass is 79.9. The lowest BCUT2D eigenvalue weighted by Gasteiger charge is -2.17. The third-order valence-corrected chi connectivity index (χ3v) is 4.87. The molecule has 2 N–H and O–H groups in total. The summed E-state index contributed by atoms with van der Waals surface area (Å²) < 4.78 is 1.13. The molecule has 112 valence electrons. The number of rotatable bonds is 6. The van der Waals surface area contributed by atoms with Crippen LogP contribution < -0.4 is 10.2 Å². The van der Waals surface area contributed by atoms with Gasteiger partial charge in [0.1, 0.15) is 6.54 Å². The number of nitrogens with one attached hydrogen (secondary N) is 2. The first-order valence-electron chi connectivity index (χ1n) is 6.94. The summed E-state index contributed by atoms with van der Waals surface area (Å²) in [4.78, 5) is 14.6. The van der Waals surface area contributed by atoms with Gasteiger partial charge in [0.15, 0.2) is 6.54 Å². The number of carbonyl (C=O) groups excluding carboxylic acids is 1. The largest absolute Gasteiger partial charge is 0.345 e. The molecule has 5 heteroatoms. The van der Waals surface area contributed by atoms with Gasteiger partial charge in [0.05, 0.1) is 21.8 Å². The van der Waals surface area contributed by atoms with Gasteiger partial charge in [-0.15, -0.1) is 11.3 Å². The van der Waals surface area contributed by atoms with Crippen molar-refractivity contribution in [1.29, 1.82) is 0 Å². The monoisotopic (exact) mass is 367 g/mol. The van der Waals surface area contributed by atoms with Gasteiger partial charge in [-0.05, 0) is 40.5 Å². The molecular formula is C16H20BrN2OS+. The van der Waals surface area contributed by atoms with Gasteiger partial charge in [-0.2, -0.15) is 0 Å². The van der Waals surface area contributed by atoms with E-state index in [2.05, 4.69) is 27.3 Å². The van der Waals surface area contributed by atoms with Crippen LogP contribution in [0.3, 0.4) is 0 Å². The van der Waals surface area contributed by atoms with Crippen LogP contribution in [0, 0.1) is 0 Å². The standard InChI is InChI=1S/C16H19BrN2OS/c1-12(13-6-4-3-5-7-13)18-16(20)11-19(2)10-14-8-9-15(17)21-14/h3-9,12H,10-11H2,1-2H3,(H,18,20)/p+1/t12-/m1/s1. The Kier molecular flexibility index (Phi) is 5.96. The predicted octanol–water partition coefficient (Wildman–Crippen LogP) is 2.40. The molecule has 1 unspecified atom stereocenters. The van der Waals surface area contributed by atoms with Crippen LogP contribution in [-0.2, 0) is 11.3 Å². The van der Waals surface area contributed by atoms with Crippen molar-refractivity contribution in [3.8, 4) is 0 Å². The van der Waals surface area contributed by atoms with E-state index in [1.807, 2.05) is 50.4 Å². The number of halogens is 1. The molecule has 0 bridgehead atoms. The van der Waals surface area contributed by atoms with Crippen molar-refractivity contribution < 1.29 is 9.69 Å². The summed E-state index contributed by atoms with van der Waals surface area (Å²) in [6, 6.07) is 14.2. The van der Waals surface area contributed by atoms with E-state index in [1.54, 1.807) is 11.3 Å². The molecule has 0 radical (unpaired) electrons. The lowest BCUT2D eigenvalue weighted by molar-refractivity contribution is -0.885. The first-order valence-corrected chi connectivity index (χ1v) is 8.55. The van der Waals surface area contributed by atoms with Crippen LogP contribution in [0.25, 0.3) is 0 Å². The lowest BCUT2D eigenvalue weighted by atomic mass is 10.1. The zero-order valence-electron chi connectivity index (χ0n) is 12.2. The maximum atomic E-state index is 12.1. The first-order chi connectivity index (χ1) is 10.0. The van der Waals surface area contributed by atoms with E-state index in [4.69, 9.17) is 0 Å². The molecular weight excluding hydrogens is 348 g/mol. The van der Waals surface area contributed by atoms with Crippen molar-refractivity contribution in [1.82, 2.24) is 5.32 Å². The number of amides is 1. The molecule has 0 saturated carbocycles. The van der Waals surface area contributed by atoms with Crippen LogP contribution in [0.2, 0.25) is 0 Å². The average Bonchev–Trinajstić information content (AvgIpc) is 2.84. The Hall–Kier alpha value is -1.17. The Labute approximate surface area is 138 Å². The van der Waals surface area contributed by atoms with Crippen LogP contribution in [-0.4, -0.2) is 19.5 Å². The van der Waals surface area contributed by atoms with Crippen LogP contribution >= 0.6 is 27.3 Å². The van der Waals surface area contributed by atoms with Gasteiger partial charge in [-0.3, -0.25) is 4.79 Å². The summed E-state index contributed by atoms with van der Waals surface area (Å²) in [5.41, 5.74) is 1.13. The predicted molar refractivity (Wildman–Crippen MR) is 90.5 cm³/mol. The Balaban J connectivity index is 1.81. The highest BCUT2D eigenvalue weighted by Gasteiger charge is 2.14. The second-order valence-electron chi connectivity index (χ2n) is 5.22. The summed E-state index contributed by atoms with van der Waals surface area (Å²) >= 11 is 5.18. The molecule has 2 aromatic rings. The molecule has 1 heterocycles. The quantitative estimate of drug-likeness (QED) is 0.807. The second-order valence-corrected chi connectivity index (χ2v) is 7.76. The van der Waals surface area contributed by atoms with Gasteiger partial charge in [-0.1, -0.05) is 30.3 Å². The van der Waals surface area contributed by atoms with Crippen LogP contribution in [0.15, 0.2) is 46.3 Å². The molecule has 1 aromatic carbocycles. The fourth-order valence-corrected chi connectivity index (χ4v) is 3.80. The lowest BCUT2D eigenvalue weighted by Crippen LogP contribution is -3.08. The van der Waals surface area contributed by atoms with Gasteiger partial charge in [-0.25, -0.2) is 0 Å². The first kappa shape index (κ1) is 16.2. The molecule has 1 amide bonds. The Morgan fingerprint density at radius 3 is 2.62 bits per heavy atom. The SMILES string of the molecule is C[C@@H](NC(=O)C[NH+](C)Cc1ccc(Br)s1)c1ccccc1. The summed E-state index contributed by atoms with van der Waals surface area (Å²) in [5, 5.41) is 3.05. The van der Waals surface area contributed by atoms with Gasteiger partial charge in [0.2, 0.25) is 0 Å². The summed E-state index contributed by atoms with van der Waals surface area (Å²) in [6.45, 7) is 3.36. The van der Waals surface area contributed by atoms with Gasteiger partial charge in [0.25, 0.3) is 5.91 Å². The van der Waals surface area contributed by atoms with E-state index in [0.717, 1.165) is 15.9 Å². The molecule has 0 aliphatic carbocycles. The summed E-state index contributed by atoms with van der Waals surface area (Å²) in [6.07, 6.45) is 0. The Bertz CT molecular complexity index is 585. The smallest absolute Gasteiger partial charge is 0.275 e. The number of benzene rings is 1. The molecule has 0 spiro atoms. The Morgan fingerprint density at radius 2 is 2.00 bits per heavy atom. The van der Waals surface area contributed by atoms with Crippen molar-refractivity contribution in [2.75, 3.05) is 13.6 Å². The van der Waals surface area contributed by atoms with Gasteiger partial charge >= 0.3 is 0 Å². The van der Waals surface area contributed by atoms with E-state index in [1.165, 1.54) is 9.78 Å². The maximum absolute atomic E-state index is 12.1. The number of carbonyl (C=O) groups is 1. The van der Waals surface area contributed by atoms with E-state index in [0.29, 0.717) is 6.54 Å². The molecule has 0 saturated heterocycles. The molecule has 0 aliphatic heterocycles. The topological polar surface area (TPSA) is 33.5 Å². The van der Waals surface area contributed by atoms with Crippen molar-refractivity contribution in [2.45, 2.75) is 19.5 Å². The molecule has 3 nitrogen and oxygen atoms in total. The summed E-state index contributed by atoms with van der Waals surface area (Å²) in [7, 11) is 2.04. The maximum Gasteiger partial charge on any atom is 0.275 e. The number of hydrogen-bond donors (Lipinski definition) is 2. The van der Waals surface area contributed by atoms with Crippen molar-refractivity contribution in [2.24, 2.45) is 0 Å². The molecule has 0 aliphatic rings. The number of quaternary nitrogens is 1. The molecule has 1 aromatic heterocycles. The third-order valence-electron chi connectivity index (χ3n) is 3.24. The van der Waals surface area contributed by atoms with Crippen molar-refractivity contribution in [3.05, 3.63) is 56.7 Å². The fourth-order valence-electron chi connectivity index (χ4n) is 2.20. The highest BCUT2D eigenvalue weighted by molar-refractivity contribution is 9.11. The van der Waals surface area contributed by atoms with Crippen molar-refractivity contribution in [3.63, 3.8) is 0 Å². The molecule has 0 fully saturated rings. The minimum atomic E-state index is 0.0439. The second kappa shape index (κ2) is 7.73. The third kappa shape index (κ3) is 5.26. The van der Waals surface area contributed by atoms with E-state index >= 15 is 0 Å². The summed E-state index contributed by atoms with van der Waals surface area (Å²) in [5.74, 6) is 0.0828. The number of thiophene rings is 1. The minimum absolute atomic E-state index is 0.0439. The van der Waals surface area contributed by atoms with Crippen LogP contribution in [0.5, 0.6) is 0 Å². The van der Waals surface area contributed by atoms with Crippen molar-refractivity contribution >= 4 is 33.2 Å². The van der Waals surface area contributed by atoms with E-state index in [9.17, 15) is 4.79 Å². The van der Waals surface area contributed by atoms with Crippen LogP contribution in [0.4, 0.5) is 0 Å². The zero-order valence-corrected chi connectivity index (χ0v) is 14.6. The zero-order chi connectivity index (χ0) is 15.2. The fraction of sp³-hybridized carbons (Fsp3) is 0.312. The van der Waals surface area contributed by atoms with Gasteiger partial charge in [0, 0.05) is 0 Å². The Morgan fingerprint density at radius 1 is 1.29 bits per heavy atom. The molecule has 21 heavy (non-hydrogen) atoms. The number of likely N-dealkylation sites (N-methyl/N-ethyl adjacent to an activating group) is 1. The average molecular weight is 368 g/mol. The molecule has 2 atom stereocenters. The highest BCUT2D eigenvalue weighted by Crippen LogP contribution is 2.21. The minimum Gasteiger partial charge on any atom is -0.345 e. The normalized spacial score (nSPS) is 13.7. The van der Waals surface area contributed by atoms with E-state index < -0.39 is 0 Å². The van der Waals surface area contributed by atoms with Gasteiger partial charge < -0.3 is 10.2 Å².